The lowest BCUT2D eigenvalue weighted by molar-refractivity contribution is 0.203. The summed E-state index contributed by atoms with van der Waals surface area (Å²) in [5, 5.41) is 3.49. The van der Waals surface area contributed by atoms with Gasteiger partial charge in [0.1, 0.15) is 5.82 Å². The van der Waals surface area contributed by atoms with Crippen LogP contribution < -0.4 is 5.32 Å². The van der Waals surface area contributed by atoms with Gasteiger partial charge in [-0.15, -0.1) is 19.0 Å². The molecular formula is C13H17Cl2FN2. The van der Waals surface area contributed by atoms with Gasteiger partial charge in [0.25, 0.3) is 0 Å². The van der Waals surface area contributed by atoms with Crippen LogP contribution >= 0.6 is 24.0 Å². The second kappa shape index (κ2) is 7.10. The SMILES string of the molecule is C=C[C@H](c1cccc(F)c1Cl)N1CCNCC1.Cl. The molecule has 1 aliphatic heterocycles. The van der Waals surface area contributed by atoms with Gasteiger partial charge in [0.05, 0.1) is 11.1 Å². The Morgan fingerprint density at radius 3 is 2.67 bits per heavy atom. The minimum Gasteiger partial charge on any atom is -0.314 e. The van der Waals surface area contributed by atoms with E-state index in [-0.39, 0.29) is 29.3 Å². The zero-order chi connectivity index (χ0) is 12.3. The van der Waals surface area contributed by atoms with Crippen molar-refractivity contribution in [3.05, 3.63) is 47.3 Å². The summed E-state index contributed by atoms with van der Waals surface area (Å²) in [5.74, 6) is -0.369. The molecule has 0 unspecified atom stereocenters. The summed E-state index contributed by atoms with van der Waals surface area (Å²) in [7, 11) is 0. The van der Waals surface area contributed by atoms with Gasteiger partial charge in [-0.2, -0.15) is 0 Å². The number of piperazine rings is 1. The molecule has 1 N–H and O–H groups in total. The van der Waals surface area contributed by atoms with Crippen LogP contribution in [0.2, 0.25) is 5.02 Å². The van der Waals surface area contributed by atoms with Crippen LogP contribution in [0.25, 0.3) is 0 Å². The summed E-state index contributed by atoms with van der Waals surface area (Å²) < 4.78 is 13.4. The van der Waals surface area contributed by atoms with Crippen molar-refractivity contribution in [2.75, 3.05) is 26.2 Å². The normalized spacial score (nSPS) is 17.9. The Bertz CT molecular complexity index is 406. The van der Waals surface area contributed by atoms with Crippen LogP contribution in [-0.2, 0) is 0 Å². The molecule has 1 saturated heterocycles. The molecular weight excluding hydrogens is 274 g/mol. The fourth-order valence-electron chi connectivity index (χ4n) is 2.18. The van der Waals surface area contributed by atoms with E-state index in [9.17, 15) is 4.39 Å². The van der Waals surface area contributed by atoms with E-state index in [0.29, 0.717) is 0 Å². The first kappa shape index (κ1) is 15.4. The maximum atomic E-state index is 13.4. The third-order valence-corrected chi connectivity index (χ3v) is 3.47. The van der Waals surface area contributed by atoms with E-state index in [1.165, 1.54) is 6.07 Å². The van der Waals surface area contributed by atoms with E-state index in [1.807, 2.05) is 12.1 Å². The molecule has 0 radical (unpaired) electrons. The lowest BCUT2D eigenvalue weighted by atomic mass is 10.0. The molecule has 18 heavy (non-hydrogen) atoms. The first-order chi connectivity index (χ1) is 8.24. The Morgan fingerprint density at radius 2 is 2.06 bits per heavy atom. The van der Waals surface area contributed by atoms with Crippen molar-refractivity contribution >= 4 is 24.0 Å². The van der Waals surface area contributed by atoms with E-state index in [4.69, 9.17) is 11.6 Å². The van der Waals surface area contributed by atoms with Gasteiger partial charge in [0.2, 0.25) is 0 Å². The third kappa shape index (κ3) is 3.23. The van der Waals surface area contributed by atoms with Gasteiger partial charge in [-0.25, -0.2) is 4.39 Å². The molecule has 0 bridgehead atoms. The van der Waals surface area contributed by atoms with Gasteiger partial charge in [-0.3, -0.25) is 4.90 Å². The van der Waals surface area contributed by atoms with Crippen LogP contribution in [0.1, 0.15) is 11.6 Å². The molecule has 0 amide bonds. The van der Waals surface area contributed by atoms with Crippen molar-refractivity contribution in [3.8, 4) is 0 Å². The Balaban J connectivity index is 0.00000162. The molecule has 0 saturated carbocycles. The van der Waals surface area contributed by atoms with Crippen molar-refractivity contribution < 1.29 is 4.39 Å². The Kier molecular flexibility index (Phi) is 6.09. The molecule has 0 aliphatic carbocycles. The predicted molar refractivity (Wildman–Crippen MR) is 76.0 cm³/mol. The van der Waals surface area contributed by atoms with Crippen molar-refractivity contribution in [2.24, 2.45) is 0 Å². The number of halogens is 3. The van der Waals surface area contributed by atoms with Gasteiger partial charge in [-0.05, 0) is 11.6 Å². The van der Waals surface area contributed by atoms with Gasteiger partial charge < -0.3 is 5.32 Å². The topological polar surface area (TPSA) is 15.3 Å². The lowest BCUT2D eigenvalue weighted by Gasteiger charge is -2.33. The minimum atomic E-state index is -0.369. The number of nitrogens with zero attached hydrogens (tertiary/aromatic N) is 1. The smallest absolute Gasteiger partial charge is 0.142 e. The fraction of sp³-hybridized carbons (Fsp3) is 0.385. The van der Waals surface area contributed by atoms with E-state index >= 15 is 0 Å². The number of benzene rings is 1. The molecule has 0 aromatic heterocycles. The molecule has 1 aliphatic rings. The Labute approximate surface area is 118 Å². The van der Waals surface area contributed by atoms with Gasteiger partial charge in [-0.1, -0.05) is 29.8 Å². The average Bonchev–Trinajstić information content (AvgIpc) is 2.37. The fourth-order valence-corrected chi connectivity index (χ4v) is 2.42. The molecule has 100 valence electrons. The largest absolute Gasteiger partial charge is 0.314 e. The van der Waals surface area contributed by atoms with E-state index in [2.05, 4.69) is 16.8 Å². The second-order valence-corrected chi connectivity index (χ2v) is 4.49. The highest BCUT2D eigenvalue weighted by Crippen LogP contribution is 2.30. The molecule has 0 spiro atoms. The maximum Gasteiger partial charge on any atom is 0.142 e. The summed E-state index contributed by atoms with van der Waals surface area (Å²) in [6, 6.07) is 4.92. The minimum absolute atomic E-state index is 0. The van der Waals surface area contributed by atoms with Crippen molar-refractivity contribution in [2.45, 2.75) is 6.04 Å². The summed E-state index contributed by atoms with van der Waals surface area (Å²) in [6.07, 6.45) is 1.83. The van der Waals surface area contributed by atoms with E-state index < -0.39 is 0 Å². The van der Waals surface area contributed by atoms with Crippen LogP contribution in [0.5, 0.6) is 0 Å². The highest BCUT2D eigenvalue weighted by molar-refractivity contribution is 6.31. The van der Waals surface area contributed by atoms with Crippen LogP contribution in [0.4, 0.5) is 4.39 Å². The van der Waals surface area contributed by atoms with Crippen molar-refractivity contribution in [1.82, 2.24) is 10.2 Å². The monoisotopic (exact) mass is 290 g/mol. The summed E-state index contributed by atoms with van der Waals surface area (Å²) in [4.78, 5) is 2.25. The second-order valence-electron chi connectivity index (χ2n) is 4.11. The maximum absolute atomic E-state index is 13.4. The number of rotatable bonds is 3. The highest BCUT2D eigenvalue weighted by atomic mass is 35.5. The first-order valence-corrected chi connectivity index (χ1v) is 6.13. The number of hydrogen-bond acceptors (Lipinski definition) is 2. The Morgan fingerprint density at radius 1 is 1.39 bits per heavy atom. The molecule has 1 aromatic rings. The zero-order valence-corrected chi connectivity index (χ0v) is 11.6. The van der Waals surface area contributed by atoms with E-state index in [1.54, 1.807) is 6.07 Å². The standard InChI is InChI=1S/C13H16ClFN2.ClH/c1-2-12(17-8-6-16-7-9-17)10-4-3-5-11(15)13(10)14;/h2-5,12,16H,1,6-9H2;1H/t12-;/m1./s1. The number of nitrogens with one attached hydrogen (secondary N) is 1. The molecule has 5 heteroatoms. The quantitative estimate of drug-likeness (QED) is 0.861. The molecule has 1 aromatic carbocycles. The summed E-state index contributed by atoms with van der Waals surface area (Å²) in [6.45, 7) is 7.56. The first-order valence-electron chi connectivity index (χ1n) is 5.75. The zero-order valence-electron chi connectivity index (χ0n) is 10.0. The van der Waals surface area contributed by atoms with Gasteiger partial charge in [0.15, 0.2) is 0 Å². The van der Waals surface area contributed by atoms with Crippen molar-refractivity contribution in [1.29, 1.82) is 0 Å². The van der Waals surface area contributed by atoms with Crippen LogP contribution in [0, 0.1) is 5.82 Å². The molecule has 2 rings (SSSR count). The van der Waals surface area contributed by atoms with E-state index in [0.717, 1.165) is 31.7 Å². The highest BCUT2D eigenvalue weighted by Gasteiger charge is 2.22. The molecule has 2 nitrogen and oxygen atoms in total. The summed E-state index contributed by atoms with van der Waals surface area (Å²) >= 11 is 6.02. The van der Waals surface area contributed by atoms with Gasteiger partial charge in [0, 0.05) is 26.2 Å². The predicted octanol–water partition coefficient (Wildman–Crippen LogP) is 3.03. The summed E-state index contributed by atoms with van der Waals surface area (Å²) in [5.41, 5.74) is 0.795. The van der Waals surface area contributed by atoms with Crippen LogP contribution in [0.15, 0.2) is 30.9 Å². The van der Waals surface area contributed by atoms with Crippen LogP contribution in [-0.4, -0.2) is 31.1 Å². The molecule has 1 heterocycles. The Hall–Kier alpha value is -0.610. The van der Waals surface area contributed by atoms with Crippen LogP contribution in [0.3, 0.4) is 0 Å². The third-order valence-electron chi connectivity index (χ3n) is 3.07. The van der Waals surface area contributed by atoms with Crippen molar-refractivity contribution in [3.63, 3.8) is 0 Å². The molecule has 1 atom stereocenters. The van der Waals surface area contributed by atoms with Gasteiger partial charge >= 0.3 is 0 Å². The average molecular weight is 291 g/mol. The lowest BCUT2D eigenvalue weighted by Crippen LogP contribution is -2.44. The molecule has 1 fully saturated rings. The number of hydrogen-bond donors (Lipinski definition) is 1.